The topological polar surface area (TPSA) is 91.7 Å². The van der Waals surface area contributed by atoms with Gasteiger partial charge in [-0.05, 0) is 43.3 Å². The van der Waals surface area contributed by atoms with Crippen molar-refractivity contribution in [3.63, 3.8) is 0 Å². The van der Waals surface area contributed by atoms with Crippen molar-refractivity contribution in [1.82, 2.24) is 9.55 Å². The molecule has 0 saturated heterocycles. The summed E-state index contributed by atoms with van der Waals surface area (Å²) in [5, 5.41) is 3.50. The Balaban J connectivity index is 1.32. The zero-order valence-corrected chi connectivity index (χ0v) is 18.2. The van der Waals surface area contributed by atoms with Crippen molar-refractivity contribution in [3.05, 3.63) is 48.2 Å². The molecule has 3 heterocycles. The highest BCUT2D eigenvalue weighted by Crippen LogP contribution is 2.36. The maximum Gasteiger partial charge on any atom is 0.262 e. The molecule has 2 aliphatic heterocycles. The summed E-state index contributed by atoms with van der Waals surface area (Å²) >= 11 is 1.38. The number of carbonyl (C=O) groups is 2. The summed E-state index contributed by atoms with van der Waals surface area (Å²) in [5.41, 5.74) is 2.97. The third kappa shape index (κ3) is 3.91. The van der Waals surface area contributed by atoms with Crippen LogP contribution in [0.25, 0.3) is 11.3 Å². The fraction of sp³-hybridized carbons (Fsp3) is 0.261. The van der Waals surface area contributed by atoms with E-state index in [0.29, 0.717) is 36.8 Å². The number of nitrogens with one attached hydrogen (secondary N) is 1. The van der Waals surface area contributed by atoms with Gasteiger partial charge >= 0.3 is 0 Å². The Hall–Kier alpha value is -3.46. The van der Waals surface area contributed by atoms with Gasteiger partial charge in [0.05, 0.1) is 23.3 Å². The highest BCUT2D eigenvalue weighted by atomic mass is 32.2. The number of Topliss-reactive ketones (excluding diaryl/α,β-unsaturated/α-hetero) is 1. The molecule has 3 aromatic rings. The largest absolute Gasteiger partial charge is 0.486 e. The predicted molar refractivity (Wildman–Crippen MR) is 120 cm³/mol. The van der Waals surface area contributed by atoms with Crippen molar-refractivity contribution >= 4 is 29.1 Å². The Kier molecular flexibility index (Phi) is 5.48. The molecule has 8 nitrogen and oxygen atoms in total. The first-order chi connectivity index (χ1) is 15.6. The van der Waals surface area contributed by atoms with Crippen LogP contribution in [0.5, 0.6) is 17.2 Å². The fourth-order valence-electron chi connectivity index (χ4n) is 3.68. The second kappa shape index (κ2) is 8.58. The van der Waals surface area contributed by atoms with E-state index in [4.69, 9.17) is 14.2 Å². The Morgan fingerprint density at radius 3 is 2.75 bits per heavy atom. The summed E-state index contributed by atoms with van der Waals surface area (Å²) in [4.78, 5) is 28.9. The summed E-state index contributed by atoms with van der Waals surface area (Å²) in [7, 11) is 0. The first kappa shape index (κ1) is 20.4. The van der Waals surface area contributed by atoms with E-state index in [0.717, 1.165) is 27.9 Å². The highest BCUT2D eigenvalue weighted by Gasteiger charge is 2.20. The third-order valence-corrected chi connectivity index (χ3v) is 6.23. The molecule has 1 N–H and O–H groups in total. The standard InChI is InChI=1S/C23H21N3O5S/c1-2-26-17(14-3-6-20-21(10-14)30-8-7-29-20)11-24-23(26)32-13-18(27)15-4-5-19-16(9-15)25-22(28)12-31-19/h3-6,9-11H,2,7-8,12-13H2,1H3,(H,25,28). The zero-order chi connectivity index (χ0) is 22.1. The Morgan fingerprint density at radius 2 is 1.91 bits per heavy atom. The van der Waals surface area contributed by atoms with Crippen molar-refractivity contribution in [2.24, 2.45) is 0 Å². The number of fused-ring (bicyclic) bond motifs is 2. The molecular formula is C23H21N3O5S. The van der Waals surface area contributed by atoms with Gasteiger partial charge in [0.25, 0.3) is 5.91 Å². The Labute approximate surface area is 188 Å². The number of thioether (sulfide) groups is 1. The molecule has 1 amide bonds. The monoisotopic (exact) mass is 451 g/mol. The van der Waals surface area contributed by atoms with E-state index in [1.807, 2.05) is 31.3 Å². The van der Waals surface area contributed by atoms with Gasteiger partial charge in [0, 0.05) is 17.7 Å². The van der Waals surface area contributed by atoms with Crippen molar-refractivity contribution in [2.45, 2.75) is 18.6 Å². The summed E-state index contributed by atoms with van der Waals surface area (Å²) in [6.45, 7) is 3.83. The lowest BCUT2D eigenvalue weighted by Gasteiger charge is -2.19. The molecule has 0 fully saturated rings. The minimum Gasteiger partial charge on any atom is -0.486 e. The SMILES string of the molecule is CCn1c(-c2ccc3c(c2)OCCO3)cnc1SCC(=O)c1ccc2c(c1)NC(=O)CO2. The summed E-state index contributed by atoms with van der Waals surface area (Å²) in [5.74, 6) is 1.99. The average molecular weight is 452 g/mol. The van der Waals surface area contributed by atoms with E-state index in [9.17, 15) is 9.59 Å². The Morgan fingerprint density at radius 1 is 1.09 bits per heavy atom. The van der Waals surface area contributed by atoms with Crippen LogP contribution in [0.15, 0.2) is 47.8 Å². The maximum atomic E-state index is 12.8. The van der Waals surface area contributed by atoms with Crippen LogP contribution in [-0.4, -0.2) is 46.8 Å². The molecule has 2 aromatic carbocycles. The number of amides is 1. The van der Waals surface area contributed by atoms with Crippen LogP contribution in [-0.2, 0) is 11.3 Å². The number of benzene rings is 2. The van der Waals surface area contributed by atoms with Crippen molar-refractivity contribution in [2.75, 3.05) is 30.9 Å². The van der Waals surface area contributed by atoms with E-state index in [1.165, 1.54) is 11.8 Å². The van der Waals surface area contributed by atoms with Crippen molar-refractivity contribution in [1.29, 1.82) is 0 Å². The smallest absolute Gasteiger partial charge is 0.262 e. The molecule has 0 aliphatic carbocycles. The molecule has 5 rings (SSSR count). The van der Waals surface area contributed by atoms with Crippen LogP contribution in [0.4, 0.5) is 5.69 Å². The van der Waals surface area contributed by atoms with Crippen molar-refractivity contribution < 1.29 is 23.8 Å². The van der Waals surface area contributed by atoms with Crippen molar-refractivity contribution in [3.8, 4) is 28.5 Å². The number of aromatic nitrogens is 2. The van der Waals surface area contributed by atoms with Gasteiger partial charge in [-0.15, -0.1) is 0 Å². The second-order valence-electron chi connectivity index (χ2n) is 7.29. The number of hydrogen-bond acceptors (Lipinski definition) is 7. The molecule has 9 heteroatoms. The van der Waals surface area contributed by atoms with E-state index in [2.05, 4.69) is 14.9 Å². The first-order valence-electron chi connectivity index (χ1n) is 10.3. The molecule has 0 radical (unpaired) electrons. The molecular weight excluding hydrogens is 430 g/mol. The van der Waals surface area contributed by atoms with E-state index < -0.39 is 0 Å². The molecule has 1 aromatic heterocycles. The summed E-state index contributed by atoms with van der Waals surface area (Å²) in [6.07, 6.45) is 1.81. The predicted octanol–water partition coefficient (Wildman–Crippen LogP) is 3.65. The first-order valence-corrected chi connectivity index (χ1v) is 11.3. The number of rotatable bonds is 6. The van der Waals surface area contributed by atoms with Crippen LogP contribution in [0.2, 0.25) is 0 Å². The van der Waals surface area contributed by atoms with Gasteiger partial charge in [-0.1, -0.05) is 11.8 Å². The third-order valence-electron chi connectivity index (χ3n) is 5.24. The van der Waals surface area contributed by atoms with Gasteiger partial charge < -0.3 is 24.1 Å². The fourth-order valence-corrected chi connectivity index (χ4v) is 4.62. The molecule has 0 bridgehead atoms. The molecule has 0 spiro atoms. The van der Waals surface area contributed by atoms with E-state index in [-0.39, 0.29) is 24.1 Å². The van der Waals surface area contributed by atoms with Crippen LogP contribution in [0, 0.1) is 0 Å². The normalized spacial score (nSPS) is 14.3. The lowest BCUT2D eigenvalue weighted by Crippen LogP contribution is -2.25. The average Bonchev–Trinajstić information content (AvgIpc) is 3.24. The van der Waals surface area contributed by atoms with Gasteiger partial charge in [-0.3, -0.25) is 9.59 Å². The van der Waals surface area contributed by atoms with Crippen LogP contribution in [0.1, 0.15) is 17.3 Å². The molecule has 164 valence electrons. The quantitative estimate of drug-likeness (QED) is 0.452. The van der Waals surface area contributed by atoms with E-state index in [1.54, 1.807) is 18.2 Å². The van der Waals surface area contributed by atoms with Gasteiger partial charge in [-0.25, -0.2) is 4.98 Å². The summed E-state index contributed by atoms with van der Waals surface area (Å²) in [6, 6.07) is 10.9. The van der Waals surface area contributed by atoms with Gasteiger partial charge in [-0.2, -0.15) is 0 Å². The molecule has 32 heavy (non-hydrogen) atoms. The minimum absolute atomic E-state index is 0.0124. The summed E-state index contributed by atoms with van der Waals surface area (Å²) < 4.78 is 18.7. The number of carbonyl (C=O) groups excluding carboxylic acids is 2. The number of ketones is 1. The van der Waals surface area contributed by atoms with Gasteiger partial charge in [0.1, 0.15) is 19.0 Å². The number of ether oxygens (including phenoxy) is 3. The van der Waals surface area contributed by atoms with Crippen LogP contribution in [0.3, 0.4) is 0 Å². The Bertz CT molecular complexity index is 1210. The highest BCUT2D eigenvalue weighted by molar-refractivity contribution is 7.99. The molecule has 0 saturated carbocycles. The minimum atomic E-state index is -0.229. The molecule has 2 aliphatic rings. The molecule has 0 atom stereocenters. The van der Waals surface area contributed by atoms with Crippen LogP contribution >= 0.6 is 11.8 Å². The second-order valence-corrected chi connectivity index (χ2v) is 8.23. The van der Waals surface area contributed by atoms with Gasteiger partial charge in [0.2, 0.25) is 0 Å². The van der Waals surface area contributed by atoms with Crippen LogP contribution < -0.4 is 19.5 Å². The maximum absolute atomic E-state index is 12.8. The molecule has 0 unspecified atom stereocenters. The number of anilines is 1. The lowest BCUT2D eigenvalue weighted by molar-refractivity contribution is -0.118. The lowest BCUT2D eigenvalue weighted by atomic mass is 10.1. The zero-order valence-electron chi connectivity index (χ0n) is 17.4. The van der Waals surface area contributed by atoms with Gasteiger partial charge in [0.15, 0.2) is 29.0 Å². The number of nitrogens with zero attached hydrogens (tertiary/aromatic N) is 2. The number of imidazole rings is 1. The van der Waals surface area contributed by atoms with E-state index >= 15 is 0 Å². The number of hydrogen-bond donors (Lipinski definition) is 1.